The molecule has 2 aromatic heterocycles. The van der Waals surface area contributed by atoms with Gasteiger partial charge in [0.1, 0.15) is 10.1 Å². The van der Waals surface area contributed by atoms with Crippen molar-refractivity contribution in [1.82, 2.24) is 19.9 Å². The molecule has 1 aliphatic carbocycles. The van der Waals surface area contributed by atoms with Gasteiger partial charge in [0, 0.05) is 61.4 Å². The van der Waals surface area contributed by atoms with E-state index < -0.39 is 0 Å². The molecule has 2 aromatic carbocycles. The Hall–Kier alpha value is -3.18. The molecular formula is C34H44N8S2. The molecule has 0 bridgehead atoms. The molecule has 2 heterocycles. The summed E-state index contributed by atoms with van der Waals surface area (Å²) >= 11 is 3.37. The summed E-state index contributed by atoms with van der Waals surface area (Å²) in [4.78, 5) is 20.0. The highest BCUT2D eigenvalue weighted by molar-refractivity contribution is 7.99. The summed E-state index contributed by atoms with van der Waals surface area (Å²) in [6, 6.07) is 26.0. The zero-order valence-corrected chi connectivity index (χ0v) is 27.3. The number of hydrogen-bond acceptors (Lipinski definition) is 10. The molecule has 44 heavy (non-hydrogen) atoms. The molecule has 0 unspecified atom stereocenters. The summed E-state index contributed by atoms with van der Waals surface area (Å²) in [5, 5.41) is 8.81. The summed E-state index contributed by atoms with van der Waals surface area (Å²) in [6.45, 7) is 7.14. The van der Waals surface area contributed by atoms with Gasteiger partial charge in [-0.2, -0.15) is 0 Å². The molecule has 10 heteroatoms. The number of hydrogen-bond donors (Lipinski definition) is 4. The molecule has 0 atom stereocenters. The SMILES string of the molecule is CCCNc1nc(SCCN)cc(C2C(c3ccccc3)C(c3cc(SCCN)nc(NCCC)n3)C2c2ccccc2)n1. The topological polar surface area (TPSA) is 128 Å². The molecule has 0 radical (unpaired) electrons. The van der Waals surface area contributed by atoms with E-state index in [2.05, 4.69) is 97.3 Å². The Bertz CT molecular complexity index is 1290. The van der Waals surface area contributed by atoms with Gasteiger partial charge in [-0.05, 0) is 36.1 Å². The van der Waals surface area contributed by atoms with Crippen LogP contribution in [0.25, 0.3) is 0 Å². The Balaban J connectivity index is 1.67. The lowest BCUT2D eigenvalue weighted by atomic mass is 9.50. The lowest BCUT2D eigenvalue weighted by Crippen LogP contribution is -2.41. The van der Waals surface area contributed by atoms with Gasteiger partial charge in [0.2, 0.25) is 11.9 Å². The first-order valence-electron chi connectivity index (χ1n) is 15.7. The molecule has 6 N–H and O–H groups in total. The largest absolute Gasteiger partial charge is 0.354 e. The fourth-order valence-corrected chi connectivity index (χ4v) is 7.36. The quantitative estimate of drug-likeness (QED) is 0.0811. The van der Waals surface area contributed by atoms with E-state index in [1.165, 1.54) is 11.1 Å². The van der Waals surface area contributed by atoms with Crippen LogP contribution < -0.4 is 22.1 Å². The fraction of sp³-hybridized carbons (Fsp3) is 0.412. The van der Waals surface area contributed by atoms with E-state index >= 15 is 0 Å². The lowest BCUT2D eigenvalue weighted by molar-refractivity contribution is 0.219. The zero-order valence-electron chi connectivity index (χ0n) is 25.7. The van der Waals surface area contributed by atoms with Gasteiger partial charge in [0.25, 0.3) is 0 Å². The highest BCUT2D eigenvalue weighted by Crippen LogP contribution is 2.66. The van der Waals surface area contributed by atoms with E-state index in [0.29, 0.717) is 25.0 Å². The normalized spacial score (nSPS) is 19.4. The van der Waals surface area contributed by atoms with E-state index in [1.807, 2.05) is 0 Å². The van der Waals surface area contributed by atoms with E-state index in [4.69, 9.17) is 31.4 Å². The Morgan fingerprint density at radius 2 is 1.00 bits per heavy atom. The molecule has 0 amide bonds. The minimum absolute atomic E-state index is 0.120. The van der Waals surface area contributed by atoms with E-state index in [0.717, 1.165) is 58.9 Å². The van der Waals surface area contributed by atoms with Crippen molar-refractivity contribution in [3.8, 4) is 0 Å². The predicted octanol–water partition coefficient (Wildman–Crippen LogP) is 6.46. The Labute approximate surface area is 270 Å². The van der Waals surface area contributed by atoms with E-state index in [9.17, 15) is 0 Å². The van der Waals surface area contributed by atoms with Crippen LogP contribution in [0.2, 0.25) is 0 Å². The molecule has 0 saturated heterocycles. The number of aromatic nitrogens is 4. The number of nitrogens with two attached hydrogens (primary N) is 2. The van der Waals surface area contributed by atoms with Crippen LogP contribution in [0.3, 0.4) is 0 Å². The van der Waals surface area contributed by atoms with Crippen molar-refractivity contribution < 1.29 is 0 Å². The fourth-order valence-electron chi connectivity index (χ4n) is 6.00. The second-order valence-electron chi connectivity index (χ2n) is 11.0. The van der Waals surface area contributed by atoms with Crippen molar-refractivity contribution in [3.63, 3.8) is 0 Å². The maximum absolute atomic E-state index is 5.89. The average Bonchev–Trinajstić information content (AvgIpc) is 3.05. The zero-order chi connectivity index (χ0) is 30.7. The molecule has 0 aliphatic heterocycles. The van der Waals surface area contributed by atoms with Crippen molar-refractivity contribution in [2.24, 2.45) is 11.5 Å². The summed E-state index contributed by atoms with van der Waals surface area (Å²) in [5.41, 5.74) is 16.4. The van der Waals surface area contributed by atoms with Gasteiger partial charge in [0.15, 0.2) is 0 Å². The first-order chi connectivity index (χ1) is 21.7. The van der Waals surface area contributed by atoms with Gasteiger partial charge in [0.05, 0.1) is 11.4 Å². The third-order valence-electron chi connectivity index (χ3n) is 7.85. The molecule has 4 aromatic rings. The monoisotopic (exact) mass is 628 g/mol. The molecule has 0 spiro atoms. The van der Waals surface area contributed by atoms with Crippen LogP contribution in [0.1, 0.15) is 72.9 Å². The third-order valence-corrected chi connectivity index (χ3v) is 9.74. The first-order valence-corrected chi connectivity index (χ1v) is 17.6. The molecule has 232 valence electrons. The summed E-state index contributed by atoms with van der Waals surface area (Å²) in [6.07, 6.45) is 1.99. The van der Waals surface area contributed by atoms with Gasteiger partial charge in [-0.25, -0.2) is 19.9 Å². The van der Waals surface area contributed by atoms with Crippen LogP contribution in [0.15, 0.2) is 82.8 Å². The number of anilines is 2. The number of rotatable bonds is 16. The van der Waals surface area contributed by atoms with Crippen molar-refractivity contribution in [1.29, 1.82) is 0 Å². The van der Waals surface area contributed by atoms with Crippen LogP contribution in [0.4, 0.5) is 11.9 Å². The molecule has 1 aliphatic rings. The van der Waals surface area contributed by atoms with Gasteiger partial charge >= 0.3 is 0 Å². The highest BCUT2D eigenvalue weighted by atomic mass is 32.2. The van der Waals surface area contributed by atoms with Gasteiger partial charge in [-0.3, -0.25) is 0 Å². The molecule has 5 rings (SSSR count). The Morgan fingerprint density at radius 3 is 1.36 bits per heavy atom. The highest BCUT2D eigenvalue weighted by Gasteiger charge is 2.54. The Morgan fingerprint density at radius 1 is 0.591 bits per heavy atom. The van der Waals surface area contributed by atoms with Gasteiger partial charge in [-0.15, -0.1) is 23.5 Å². The molecule has 1 saturated carbocycles. The Kier molecular flexibility index (Phi) is 11.9. The minimum atomic E-state index is 0.120. The van der Waals surface area contributed by atoms with E-state index in [1.54, 1.807) is 23.5 Å². The standard InChI is InChI=1S/C34H44N8S2/c1-3-17-37-33-39-25(21-27(41-33)43-19-15-35)31-29(23-11-7-5-8-12-23)32(30(31)24-13-9-6-10-14-24)26-22-28(44-20-16-36)42-34(40-26)38-18-4-2/h5-14,21-22,29-32H,3-4,15-20,35-36H2,1-2H3,(H,37,39,41)(H,38,40,42). The first kappa shape index (κ1) is 32.2. The van der Waals surface area contributed by atoms with E-state index in [-0.39, 0.29) is 23.7 Å². The van der Waals surface area contributed by atoms with Crippen LogP contribution in [-0.2, 0) is 0 Å². The molecule has 8 nitrogen and oxygen atoms in total. The third kappa shape index (κ3) is 7.72. The molecule has 1 fully saturated rings. The summed E-state index contributed by atoms with van der Waals surface area (Å²) < 4.78 is 0. The predicted molar refractivity (Wildman–Crippen MR) is 185 cm³/mol. The second-order valence-corrected chi connectivity index (χ2v) is 13.2. The van der Waals surface area contributed by atoms with Gasteiger partial charge in [-0.1, -0.05) is 74.5 Å². The maximum Gasteiger partial charge on any atom is 0.223 e. The van der Waals surface area contributed by atoms with Crippen molar-refractivity contribution in [2.75, 3.05) is 48.3 Å². The summed E-state index contributed by atoms with van der Waals surface area (Å²) in [5.74, 6) is 3.52. The average molecular weight is 629 g/mol. The minimum Gasteiger partial charge on any atom is -0.354 e. The molecular weight excluding hydrogens is 585 g/mol. The van der Waals surface area contributed by atoms with Crippen molar-refractivity contribution >= 4 is 35.4 Å². The lowest BCUT2D eigenvalue weighted by Gasteiger charge is -2.52. The summed E-state index contributed by atoms with van der Waals surface area (Å²) in [7, 11) is 0. The number of nitrogens with zero attached hydrogens (tertiary/aromatic N) is 4. The van der Waals surface area contributed by atoms with Crippen LogP contribution in [-0.4, -0.2) is 57.6 Å². The number of nitrogens with one attached hydrogen (secondary N) is 2. The maximum atomic E-state index is 5.89. The number of benzene rings is 2. The smallest absolute Gasteiger partial charge is 0.223 e. The van der Waals surface area contributed by atoms with Crippen LogP contribution in [0.5, 0.6) is 0 Å². The second kappa shape index (κ2) is 16.2. The van der Waals surface area contributed by atoms with Crippen molar-refractivity contribution in [2.45, 2.75) is 60.4 Å². The van der Waals surface area contributed by atoms with Crippen LogP contribution >= 0.6 is 23.5 Å². The van der Waals surface area contributed by atoms with Crippen LogP contribution in [0, 0.1) is 0 Å². The van der Waals surface area contributed by atoms with Gasteiger partial charge < -0.3 is 22.1 Å². The van der Waals surface area contributed by atoms with Crippen molar-refractivity contribution in [3.05, 3.63) is 95.3 Å². The number of thioether (sulfide) groups is 2.